The molecule has 0 aliphatic carbocycles. The molecule has 1 N–H and O–H groups in total. The highest BCUT2D eigenvalue weighted by molar-refractivity contribution is 6.01. The summed E-state index contributed by atoms with van der Waals surface area (Å²) in [4.78, 5) is 0. The van der Waals surface area contributed by atoms with Gasteiger partial charge in [0.15, 0.2) is 11.5 Å². The van der Waals surface area contributed by atoms with Crippen LogP contribution in [0, 0.1) is 0 Å². The Hall–Kier alpha value is -1.97. The van der Waals surface area contributed by atoms with Gasteiger partial charge < -0.3 is 14.7 Å². The van der Waals surface area contributed by atoms with Gasteiger partial charge in [-0.05, 0) is 49.6 Å². The average Bonchev–Trinajstić information content (AvgIpc) is 2.44. The standard InChI is InChI=1S/C15H21NO3/c1-5-8-19-14-7-6-13(10-15(14)18-4)9-11(2)12(3)16-17/h6-7,9-10,17H,5,8H2,1-4H3/b11-9-,16-12+. The second-order valence-corrected chi connectivity index (χ2v) is 4.27. The summed E-state index contributed by atoms with van der Waals surface area (Å²) >= 11 is 0. The van der Waals surface area contributed by atoms with E-state index in [0.717, 1.165) is 23.3 Å². The van der Waals surface area contributed by atoms with Crippen molar-refractivity contribution in [2.45, 2.75) is 27.2 Å². The van der Waals surface area contributed by atoms with E-state index in [1.54, 1.807) is 14.0 Å². The highest BCUT2D eigenvalue weighted by Crippen LogP contribution is 2.29. The molecule has 0 fully saturated rings. The number of methoxy groups -OCH3 is 1. The number of hydrogen-bond donors (Lipinski definition) is 1. The van der Waals surface area contributed by atoms with E-state index in [4.69, 9.17) is 14.7 Å². The van der Waals surface area contributed by atoms with Gasteiger partial charge in [-0.25, -0.2) is 0 Å². The van der Waals surface area contributed by atoms with Crippen molar-refractivity contribution in [1.29, 1.82) is 0 Å². The van der Waals surface area contributed by atoms with E-state index in [9.17, 15) is 0 Å². The lowest BCUT2D eigenvalue weighted by molar-refractivity contribution is 0.294. The van der Waals surface area contributed by atoms with Gasteiger partial charge in [-0.1, -0.05) is 18.1 Å². The van der Waals surface area contributed by atoms with Crippen LogP contribution in [0.3, 0.4) is 0 Å². The van der Waals surface area contributed by atoms with E-state index in [2.05, 4.69) is 12.1 Å². The summed E-state index contributed by atoms with van der Waals surface area (Å²) in [5, 5.41) is 11.9. The third-order valence-corrected chi connectivity index (χ3v) is 2.75. The van der Waals surface area contributed by atoms with Gasteiger partial charge in [-0.3, -0.25) is 0 Å². The Kier molecular flexibility index (Phi) is 5.93. The van der Waals surface area contributed by atoms with Gasteiger partial charge in [0.1, 0.15) is 0 Å². The number of allylic oxidation sites excluding steroid dienone is 1. The fraction of sp³-hybridized carbons (Fsp3) is 0.400. The summed E-state index contributed by atoms with van der Waals surface area (Å²) in [6, 6.07) is 5.74. The Labute approximate surface area is 114 Å². The second kappa shape index (κ2) is 7.46. The monoisotopic (exact) mass is 263 g/mol. The van der Waals surface area contributed by atoms with Crippen LogP contribution in [0.25, 0.3) is 6.08 Å². The number of oxime groups is 1. The second-order valence-electron chi connectivity index (χ2n) is 4.27. The Morgan fingerprint density at radius 3 is 2.63 bits per heavy atom. The predicted molar refractivity (Wildman–Crippen MR) is 77.3 cm³/mol. The molecule has 1 rings (SSSR count). The van der Waals surface area contributed by atoms with Gasteiger partial charge in [0.2, 0.25) is 0 Å². The van der Waals surface area contributed by atoms with Crippen molar-refractivity contribution in [3.05, 3.63) is 29.3 Å². The van der Waals surface area contributed by atoms with Crippen LogP contribution in [0.15, 0.2) is 28.9 Å². The van der Waals surface area contributed by atoms with Crippen LogP contribution in [0.4, 0.5) is 0 Å². The molecule has 0 spiro atoms. The molecule has 0 amide bonds. The van der Waals surface area contributed by atoms with E-state index in [1.165, 1.54) is 0 Å². The van der Waals surface area contributed by atoms with Gasteiger partial charge >= 0.3 is 0 Å². The first-order valence-electron chi connectivity index (χ1n) is 6.30. The average molecular weight is 263 g/mol. The zero-order valence-corrected chi connectivity index (χ0v) is 11.9. The highest BCUT2D eigenvalue weighted by Gasteiger charge is 2.05. The van der Waals surface area contributed by atoms with Crippen molar-refractivity contribution in [2.75, 3.05) is 13.7 Å². The van der Waals surface area contributed by atoms with Crippen LogP contribution >= 0.6 is 0 Å². The molecule has 0 aromatic heterocycles. The number of nitrogens with zero attached hydrogens (tertiary/aromatic N) is 1. The van der Waals surface area contributed by atoms with Crippen molar-refractivity contribution in [3.8, 4) is 11.5 Å². The van der Waals surface area contributed by atoms with E-state index in [0.29, 0.717) is 18.1 Å². The third kappa shape index (κ3) is 4.32. The van der Waals surface area contributed by atoms with Crippen LogP contribution in [0.1, 0.15) is 32.8 Å². The highest BCUT2D eigenvalue weighted by atomic mass is 16.5. The molecule has 0 unspecified atom stereocenters. The van der Waals surface area contributed by atoms with Crippen molar-refractivity contribution in [2.24, 2.45) is 5.16 Å². The minimum Gasteiger partial charge on any atom is -0.493 e. The number of benzene rings is 1. The fourth-order valence-corrected chi connectivity index (χ4v) is 1.54. The maximum atomic E-state index is 8.73. The van der Waals surface area contributed by atoms with Gasteiger partial charge in [0.25, 0.3) is 0 Å². The lowest BCUT2D eigenvalue weighted by Crippen LogP contribution is -1.98. The van der Waals surface area contributed by atoms with Crippen molar-refractivity contribution < 1.29 is 14.7 Å². The molecule has 104 valence electrons. The maximum Gasteiger partial charge on any atom is 0.161 e. The molecule has 0 aliphatic heterocycles. The first kappa shape index (κ1) is 15.1. The van der Waals surface area contributed by atoms with Crippen molar-refractivity contribution >= 4 is 11.8 Å². The summed E-state index contributed by atoms with van der Waals surface area (Å²) in [6.07, 6.45) is 2.89. The number of rotatable bonds is 6. The molecule has 0 atom stereocenters. The van der Waals surface area contributed by atoms with Gasteiger partial charge in [0, 0.05) is 0 Å². The van der Waals surface area contributed by atoms with E-state index < -0.39 is 0 Å². The lowest BCUT2D eigenvalue weighted by Gasteiger charge is -2.10. The van der Waals surface area contributed by atoms with E-state index in [1.807, 2.05) is 31.2 Å². The number of hydrogen-bond acceptors (Lipinski definition) is 4. The van der Waals surface area contributed by atoms with Crippen molar-refractivity contribution in [1.82, 2.24) is 0 Å². The summed E-state index contributed by atoms with van der Waals surface area (Å²) < 4.78 is 10.9. The first-order valence-corrected chi connectivity index (χ1v) is 6.30. The van der Waals surface area contributed by atoms with Crippen LogP contribution in [-0.4, -0.2) is 24.6 Å². The first-order chi connectivity index (χ1) is 9.12. The Bertz CT molecular complexity index is 478. The summed E-state index contributed by atoms with van der Waals surface area (Å²) in [5.74, 6) is 1.44. The van der Waals surface area contributed by atoms with Gasteiger partial charge in [0.05, 0.1) is 19.4 Å². The molecule has 4 nitrogen and oxygen atoms in total. The molecule has 0 saturated carbocycles. The SMILES string of the molecule is CCCOc1ccc(/C=C(C)\C(C)=N\O)cc1OC. The van der Waals surface area contributed by atoms with E-state index in [-0.39, 0.29) is 0 Å². The molecule has 1 aromatic carbocycles. The molecule has 0 bridgehead atoms. The molecule has 0 radical (unpaired) electrons. The minimum absolute atomic E-state index is 0.588. The molecule has 0 saturated heterocycles. The zero-order chi connectivity index (χ0) is 14.3. The van der Waals surface area contributed by atoms with Gasteiger partial charge in [-0.15, -0.1) is 0 Å². The molecule has 0 aliphatic rings. The van der Waals surface area contributed by atoms with Crippen molar-refractivity contribution in [3.63, 3.8) is 0 Å². The lowest BCUT2D eigenvalue weighted by atomic mass is 10.1. The largest absolute Gasteiger partial charge is 0.493 e. The zero-order valence-electron chi connectivity index (χ0n) is 11.9. The fourth-order valence-electron chi connectivity index (χ4n) is 1.54. The molecular weight excluding hydrogens is 242 g/mol. The van der Waals surface area contributed by atoms with Crippen LogP contribution in [0.5, 0.6) is 11.5 Å². The molecular formula is C15H21NO3. The minimum atomic E-state index is 0.588. The topological polar surface area (TPSA) is 51.0 Å². The van der Waals surface area contributed by atoms with Crippen LogP contribution < -0.4 is 9.47 Å². The van der Waals surface area contributed by atoms with Gasteiger partial charge in [-0.2, -0.15) is 0 Å². The molecule has 0 heterocycles. The summed E-state index contributed by atoms with van der Waals surface area (Å²) in [6.45, 7) is 6.37. The Morgan fingerprint density at radius 1 is 1.32 bits per heavy atom. The van der Waals surface area contributed by atoms with Crippen LogP contribution in [-0.2, 0) is 0 Å². The predicted octanol–water partition coefficient (Wildman–Crippen LogP) is 3.74. The molecule has 4 heteroatoms. The smallest absolute Gasteiger partial charge is 0.161 e. The summed E-state index contributed by atoms with van der Waals surface area (Å²) in [5.41, 5.74) is 2.46. The Balaban J connectivity index is 3.00. The van der Waals surface area contributed by atoms with Crippen LogP contribution in [0.2, 0.25) is 0 Å². The maximum absolute atomic E-state index is 8.73. The molecule has 19 heavy (non-hydrogen) atoms. The third-order valence-electron chi connectivity index (χ3n) is 2.75. The quantitative estimate of drug-likeness (QED) is 0.483. The Morgan fingerprint density at radius 2 is 2.05 bits per heavy atom. The molecule has 1 aromatic rings. The van der Waals surface area contributed by atoms with E-state index >= 15 is 0 Å². The number of ether oxygens (including phenoxy) is 2. The summed E-state index contributed by atoms with van der Waals surface area (Å²) in [7, 11) is 1.62. The normalized spacial score (nSPS) is 12.4.